The van der Waals surface area contributed by atoms with Gasteiger partial charge in [0.2, 0.25) is 0 Å². The first-order valence-electron chi connectivity index (χ1n) is 25.2. The SMILES string of the molecule is c1ccc(-c2ccc3cc(-c4ccc(N(c5ccc(-c6cccc7oc8ccccc8c67)cc5)c5ccccc5-c5cccc6c5-c5ccccc5C6(c5ccccc5)c5ccccc5)cc4)ccc3c2)cc1. The second-order valence-electron chi connectivity index (χ2n) is 19.1. The van der Waals surface area contributed by atoms with Gasteiger partial charge in [-0.25, -0.2) is 0 Å². The molecular formula is C71H47NO. The lowest BCUT2D eigenvalue weighted by Gasteiger charge is -2.34. The molecule has 0 amide bonds. The van der Waals surface area contributed by atoms with E-state index in [-0.39, 0.29) is 0 Å². The van der Waals surface area contributed by atoms with E-state index in [9.17, 15) is 0 Å². The fourth-order valence-electron chi connectivity index (χ4n) is 11.9. The Morgan fingerprint density at radius 3 is 1.47 bits per heavy atom. The largest absolute Gasteiger partial charge is 0.456 e. The molecule has 2 heteroatoms. The predicted molar refractivity (Wildman–Crippen MR) is 305 cm³/mol. The lowest BCUT2D eigenvalue weighted by molar-refractivity contribution is 0.669. The van der Waals surface area contributed by atoms with Crippen LogP contribution in [0.1, 0.15) is 22.3 Å². The van der Waals surface area contributed by atoms with E-state index in [0.29, 0.717) is 0 Å². The van der Waals surface area contributed by atoms with E-state index in [4.69, 9.17) is 4.42 Å². The molecular weight excluding hydrogens is 883 g/mol. The van der Waals surface area contributed by atoms with Crippen molar-refractivity contribution in [1.29, 1.82) is 0 Å². The average Bonchev–Trinajstić information content (AvgIpc) is 4.06. The summed E-state index contributed by atoms with van der Waals surface area (Å²) in [5.74, 6) is 0. The van der Waals surface area contributed by atoms with Crippen molar-refractivity contribution in [3.63, 3.8) is 0 Å². The molecule has 2 nitrogen and oxygen atoms in total. The summed E-state index contributed by atoms with van der Waals surface area (Å²) < 4.78 is 6.34. The maximum absolute atomic E-state index is 6.34. The summed E-state index contributed by atoms with van der Waals surface area (Å²) in [6.45, 7) is 0. The van der Waals surface area contributed by atoms with Gasteiger partial charge in [-0.2, -0.15) is 0 Å². The van der Waals surface area contributed by atoms with Crippen LogP contribution in [0.2, 0.25) is 0 Å². The highest BCUT2D eigenvalue weighted by Crippen LogP contribution is 2.59. The minimum Gasteiger partial charge on any atom is -0.456 e. The van der Waals surface area contributed by atoms with Crippen LogP contribution in [0.3, 0.4) is 0 Å². The van der Waals surface area contributed by atoms with Crippen molar-refractivity contribution in [3.8, 4) is 55.6 Å². The van der Waals surface area contributed by atoms with Gasteiger partial charge in [0.1, 0.15) is 11.2 Å². The van der Waals surface area contributed by atoms with Gasteiger partial charge < -0.3 is 9.32 Å². The summed E-state index contributed by atoms with van der Waals surface area (Å²) >= 11 is 0. The molecule has 1 aliphatic carbocycles. The molecule has 0 saturated carbocycles. The molecule has 0 fully saturated rings. The molecule has 73 heavy (non-hydrogen) atoms. The molecule has 0 saturated heterocycles. The molecule has 12 aromatic carbocycles. The Morgan fingerprint density at radius 1 is 0.301 bits per heavy atom. The van der Waals surface area contributed by atoms with E-state index in [1.54, 1.807) is 0 Å². The van der Waals surface area contributed by atoms with Crippen molar-refractivity contribution < 1.29 is 4.42 Å². The first-order valence-corrected chi connectivity index (χ1v) is 25.2. The lowest BCUT2D eigenvalue weighted by atomic mass is 9.67. The maximum atomic E-state index is 6.34. The van der Waals surface area contributed by atoms with Crippen LogP contribution in [0.5, 0.6) is 0 Å². The third kappa shape index (κ3) is 6.94. The number of rotatable bonds is 9. The van der Waals surface area contributed by atoms with E-state index in [0.717, 1.165) is 61.3 Å². The Balaban J connectivity index is 0.928. The van der Waals surface area contributed by atoms with Crippen LogP contribution < -0.4 is 4.90 Å². The fourth-order valence-corrected chi connectivity index (χ4v) is 11.9. The summed E-state index contributed by atoms with van der Waals surface area (Å²) in [6.07, 6.45) is 0. The number of furan rings is 1. The first-order chi connectivity index (χ1) is 36.2. The molecule has 0 aliphatic heterocycles. The van der Waals surface area contributed by atoms with Gasteiger partial charge in [-0.3, -0.25) is 0 Å². The van der Waals surface area contributed by atoms with E-state index in [1.165, 1.54) is 66.4 Å². The Kier molecular flexibility index (Phi) is 10.1. The predicted octanol–water partition coefficient (Wildman–Crippen LogP) is 19.2. The summed E-state index contributed by atoms with van der Waals surface area (Å²) in [6, 6.07) is 104. The van der Waals surface area contributed by atoms with Gasteiger partial charge in [0, 0.05) is 27.7 Å². The maximum Gasteiger partial charge on any atom is 0.136 e. The molecule has 1 heterocycles. The first kappa shape index (κ1) is 42.4. The van der Waals surface area contributed by atoms with Crippen LogP contribution in [0, 0.1) is 0 Å². The molecule has 342 valence electrons. The third-order valence-corrected chi connectivity index (χ3v) is 15.2. The molecule has 0 N–H and O–H groups in total. The van der Waals surface area contributed by atoms with Crippen molar-refractivity contribution in [2.45, 2.75) is 5.41 Å². The molecule has 1 aromatic heterocycles. The Morgan fingerprint density at radius 2 is 0.781 bits per heavy atom. The van der Waals surface area contributed by atoms with E-state index < -0.39 is 5.41 Å². The number of fused-ring (bicyclic) bond motifs is 7. The zero-order valence-corrected chi connectivity index (χ0v) is 40.0. The monoisotopic (exact) mass is 929 g/mol. The van der Waals surface area contributed by atoms with Crippen LogP contribution in [0.25, 0.3) is 88.3 Å². The lowest BCUT2D eigenvalue weighted by Crippen LogP contribution is -2.28. The quantitative estimate of drug-likeness (QED) is 0.143. The minimum absolute atomic E-state index is 0.513. The van der Waals surface area contributed by atoms with Crippen molar-refractivity contribution in [2.75, 3.05) is 4.90 Å². The normalized spacial score (nSPS) is 12.5. The second-order valence-corrected chi connectivity index (χ2v) is 19.1. The van der Waals surface area contributed by atoms with Crippen LogP contribution in [-0.2, 0) is 5.41 Å². The van der Waals surface area contributed by atoms with Crippen molar-refractivity contribution >= 4 is 49.8 Å². The van der Waals surface area contributed by atoms with E-state index in [1.807, 2.05) is 6.07 Å². The molecule has 0 spiro atoms. The molecule has 0 atom stereocenters. The standard InChI is InChI=1S/C71H47NO/c1-4-18-48(19-5-1)51-34-36-54-47-52(35-37-53(54)46-51)49-38-42-57(43-39-49)72(58-44-40-50(41-45-58)59-27-17-33-68-70(59)63-26-12-15-32-67(63)73-68)66-31-14-11-24-60(66)61-28-16-30-65-69(61)62-25-10-13-29-64(62)71(65,55-20-6-2-7-21-55)56-22-8-3-9-23-56/h1-47H. The Labute approximate surface area is 425 Å². The van der Waals surface area contributed by atoms with E-state index >= 15 is 0 Å². The van der Waals surface area contributed by atoms with Crippen LogP contribution in [0.4, 0.5) is 17.1 Å². The summed E-state index contributed by atoms with van der Waals surface area (Å²) in [4.78, 5) is 2.43. The zero-order valence-electron chi connectivity index (χ0n) is 40.0. The van der Waals surface area contributed by atoms with Gasteiger partial charge >= 0.3 is 0 Å². The average molecular weight is 930 g/mol. The van der Waals surface area contributed by atoms with Gasteiger partial charge in [0.15, 0.2) is 0 Å². The molecule has 1 aliphatic rings. The van der Waals surface area contributed by atoms with Gasteiger partial charge in [-0.15, -0.1) is 0 Å². The number of nitrogens with zero attached hydrogens (tertiary/aromatic N) is 1. The van der Waals surface area contributed by atoms with Gasteiger partial charge in [-0.05, 0) is 138 Å². The minimum atomic E-state index is -0.513. The van der Waals surface area contributed by atoms with Crippen molar-refractivity contribution in [1.82, 2.24) is 0 Å². The number of benzene rings is 12. The summed E-state index contributed by atoms with van der Waals surface area (Å²) in [7, 11) is 0. The highest BCUT2D eigenvalue weighted by molar-refractivity contribution is 6.12. The van der Waals surface area contributed by atoms with Crippen LogP contribution in [0.15, 0.2) is 290 Å². The van der Waals surface area contributed by atoms with E-state index in [2.05, 4.69) is 284 Å². The van der Waals surface area contributed by atoms with Crippen LogP contribution >= 0.6 is 0 Å². The molecule has 14 rings (SSSR count). The Hall–Kier alpha value is -9.50. The van der Waals surface area contributed by atoms with Crippen molar-refractivity contribution in [2.24, 2.45) is 0 Å². The highest BCUT2D eigenvalue weighted by atomic mass is 16.3. The fraction of sp³-hybridized carbons (Fsp3) is 0.0141. The number of hydrogen-bond acceptors (Lipinski definition) is 2. The van der Waals surface area contributed by atoms with Crippen molar-refractivity contribution in [3.05, 3.63) is 307 Å². The topological polar surface area (TPSA) is 16.4 Å². The number of hydrogen-bond donors (Lipinski definition) is 0. The van der Waals surface area contributed by atoms with Gasteiger partial charge in [-0.1, -0.05) is 231 Å². The van der Waals surface area contributed by atoms with Crippen LogP contribution in [-0.4, -0.2) is 0 Å². The summed E-state index contributed by atoms with van der Waals surface area (Å²) in [5, 5.41) is 4.70. The zero-order chi connectivity index (χ0) is 48.3. The molecule has 13 aromatic rings. The molecule has 0 unspecified atom stereocenters. The summed E-state index contributed by atoms with van der Waals surface area (Å²) in [5.41, 5.74) is 21.5. The molecule has 0 bridgehead atoms. The highest BCUT2D eigenvalue weighted by Gasteiger charge is 2.47. The van der Waals surface area contributed by atoms with Gasteiger partial charge in [0.05, 0.1) is 11.1 Å². The second kappa shape index (κ2) is 17.4. The third-order valence-electron chi connectivity index (χ3n) is 15.2. The number of anilines is 3. The molecule has 0 radical (unpaired) electrons. The number of para-hydroxylation sites is 2. The smallest absolute Gasteiger partial charge is 0.136 e. The Bertz CT molecular complexity index is 4130. The van der Waals surface area contributed by atoms with Gasteiger partial charge in [0.25, 0.3) is 0 Å².